The molecule has 1 aromatic rings. The summed E-state index contributed by atoms with van der Waals surface area (Å²) in [6.45, 7) is 5.95. The van der Waals surface area contributed by atoms with Gasteiger partial charge in [0.1, 0.15) is 11.1 Å². The highest BCUT2D eigenvalue weighted by Crippen LogP contribution is 2.23. The number of ketones is 1. The predicted octanol–water partition coefficient (Wildman–Crippen LogP) is 2.25. The molecule has 1 saturated heterocycles. The summed E-state index contributed by atoms with van der Waals surface area (Å²) in [4.78, 5) is 39.0. The van der Waals surface area contributed by atoms with Crippen molar-refractivity contribution in [1.29, 1.82) is 0 Å². The van der Waals surface area contributed by atoms with Gasteiger partial charge in [0.05, 0.1) is 19.8 Å². The molecular weight excluding hydrogens is 372 g/mol. The summed E-state index contributed by atoms with van der Waals surface area (Å²) in [7, 11) is 3.01. The normalized spacial score (nSPS) is 17.6. The molecule has 150 valence electrons. The Morgan fingerprint density at radius 1 is 1.37 bits per heavy atom. The molecule has 0 radical (unpaired) electrons. The van der Waals surface area contributed by atoms with E-state index >= 15 is 0 Å². The molecule has 0 spiro atoms. The Hall–Kier alpha value is -1.86. The first kappa shape index (κ1) is 21.4. The van der Waals surface area contributed by atoms with E-state index in [0.29, 0.717) is 35.7 Å². The Kier molecular flexibility index (Phi) is 7.06. The summed E-state index contributed by atoms with van der Waals surface area (Å²) in [5.41, 5.74) is 1.97. The minimum atomic E-state index is -0.734. The van der Waals surface area contributed by atoms with Crippen LogP contribution in [0.4, 0.5) is 0 Å². The molecule has 0 aromatic carbocycles. The van der Waals surface area contributed by atoms with E-state index in [1.807, 2.05) is 0 Å². The minimum Gasteiger partial charge on any atom is -0.464 e. The number of hydrogen-bond acceptors (Lipinski definition) is 5. The van der Waals surface area contributed by atoms with Crippen LogP contribution in [-0.2, 0) is 21.3 Å². The van der Waals surface area contributed by atoms with E-state index in [9.17, 15) is 14.4 Å². The van der Waals surface area contributed by atoms with Crippen molar-refractivity contribution in [2.24, 2.45) is 7.05 Å². The average Bonchev–Trinajstić information content (AvgIpc) is 3.20. The lowest BCUT2D eigenvalue weighted by Crippen LogP contribution is -2.43. The molecule has 2 atom stereocenters. The highest BCUT2D eigenvalue weighted by molar-refractivity contribution is 6.30. The third-order valence-electron chi connectivity index (χ3n) is 5.02. The van der Waals surface area contributed by atoms with Crippen LogP contribution >= 0.6 is 11.6 Å². The zero-order chi connectivity index (χ0) is 20.3. The second-order valence-electron chi connectivity index (χ2n) is 6.88. The fourth-order valence-electron chi connectivity index (χ4n) is 3.54. The van der Waals surface area contributed by atoms with Crippen LogP contribution in [0.25, 0.3) is 0 Å². The van der Waals surface area contributed by atoms with Crippen molar-refractivity contribution in [3.05, 3.63) is 22.5 Å². The molecule has 2 heterocycles. The number of carbonyl (C=O) groups is 3. The first-order valence-electron chi connectivity index (χ1n) is 9.00. The van der Waals surface area contributed by atoms with Gasteiger partial charge in [-0.1, -0.05) is 0 Å². The number of ether oxygens (including phenoxy) is 2. The highest BCUT2D eigenvalue weighted by atomic mass is 35.5. The molecule has 0 bridgehead atoms. The highest BCUT2D eigenvalue weighted by Gasteiger charge is 2.30. The molecule has 1 aromatic heterocycles. The zero-order valence-electron chi connectivity index (χ0n) is 16.5. The molecule has 7 nitrogen and oxygen atoms in total. The second-order valence-corrected chi connectivity index (χ2v) is 7.53. The smallest absolute Gasteiger partial charge is 0.354 e. The molecule has 1 aliphatic heterocycles. The van der Waals surface area contributed by atoms with E-state index in [0.717, 1.165) is 12.8 Å². The lowest BCUT2D eigenvalue weighted by Gasteiger charge is -2.26. The molecular formula is C19H27ClN2O5. The van der Waals surface area contributed by atoms with Crippen molar-refractivity contribution in [2.45, 2.75) is 45.1 Å². The van der Waals surface area contributed by atoms with Gasteiger partial charge >= 0.3 is 5.97 Å². The number of methoxy groups -OCH3 is 1. The quantitative estimate of drug-likeness (QED) is 0.400. The van der Waals surface area contributed by atoms with Crippen LogP contribution in [0.3, 0.4) is 0 Å². The van der Waals surface area contributed by atoms with Crippen LogP contribution in [0.15, 0.2) is 0 Å². The van der Waals surface area contributed by atoms with Gasteiger partial charge < -0.3 is 18.9 Å². The predicted molar refractivity (Wildman–Crippen MR) is 101 cm³/mol. The molecule has 2 rings (SSSR count). The summed E-state index contributed by atoms with van der Waals surface area (Å²) in [6, 6.07) is 0. The van der Waals surface area contributed by atoms with Crippen LogP contribution < -0.4 is 0 Å². The number of Topliss-reactive ketones (excluding diaryl/α,β-unsaturated/α-hetero) is 1. The molecule has 1 amide bonds. The van der Waals surface area contributed by atoms with E-state index in [4.69, 9.17) is 21.1 Å². The largest absolute Gasteiger partial charge is 0.464 e. The minimum absolute atomic E-state index is 0.0826. The van der Waals surface area contributed by atoms with Gasteiger partial charge in [-0.3, -0.25) is 9.59 Å². The van der Waals surface area contributed by atoms with Gasteiger partial charge in [0.25, 0.3) is 0 Å². The van der Waals surface area contributed by atoms with Gasteiger partial charge in [-0.25, -0.2) is 4.79 Å². The van der Waals surface area contributed by atoms with Crippen molar-refractivity contribution in [3.63, 3.8) is 0 Å². The molecule has 27 heavy (non-hydrogen) atoms. The fourth-order valence-corrected chi connectivity index (χ4v) is 3.68. The summed E-state index contributed by atoms with van der Waals surface area (Å²) >= 11 is 5.98. The van der Waals surface area contributed by atoms with Crippen LogP contribution in [0.5, 0.6) is 0 Å². The third kappa shape index (κ3) is 4.52. The molecule has 0 N–H and O–H groups in total. The van der Waals surface area contributed by atoms with Crippen molar-refractivity contribution in [2.75, 3.05) is 26.8 Å². The van der Waals surface area contributed by atoms with Gasteiger partial charge in [0, 0.05) is 31.5 Å². The Morgan fingerprint density at radius 2 is 2.04 bits per heavy atom. The zero-order valence-corrected chi connectivity index (χ0v) is 17.3. The number of halogens is 1. The van der Waals surface area contributed by atoms with Crippen molar-refractivity contribution < 1.29 is 23.9 Å². The number of aromatic nitrogens is 1. The van der Waals surface area contributed by atoms with Crippen LogP contribution in [-0.4, -0.2) is 65.4 Å². The third-order valence-corrected chi connectivity index (χ3v) is 5.21. The first-order chi connectivity index (χ1) is 12.7. The van der Waals surface area contributed by atoms with E-state index in [-0.39, 0.29) is 24.3 Å². The molecule has 8 heteroatoms. The number of amides is 1. The van der Waals surface area contributed by atoms with Crippen LogP contribution in [0.2, 0.25) is 0 Å². The molecule has 0 aliphatic carbocycles. The Bertz CT molecular complexity index is 735. The monoisotopic (exact) mass is 398 g/mol. The Morgan fingerprint density at radius 3 is 2.56 bits per heavy atom. The maximum atomic E-state index is 13.0. The standard InChI is InChI=1S/C19H27ClN2O5/c1-11-16(13(3)21(4)17(11)19(25)26-5)15(23)10-22(18(24)12(2)20)9-14-7-6-8-27-14/h12,14H,6-10H2,1-5H3/t12-,14+/m1/s1. The van der Waals surface area contributed by atoms with Crippen molar-refractivity contribution >= 4 is 29.3 Å². The second kappa shape index (κ2) is 8.89. The van der Waals surface area contributed by atoms with Crippen molar-refractivity contribution in [3.8, 4) is 0 Å². The van der Waals surface area contributed by atoms with Gasteiger partial charge in [0.2, 0.25) is 5.91 Å². The molecule has 1 aliphatic rings. The maximum absolute atomic E-state index is 13.0. The summed E-state index contributed by atoms with van der Waals surface area (Å²) in [6.07, 6.45) is 1.71. The molecule has 0 saturated carbocycles. The summed E-state index contributed by atoms with van der Waals surface area (Å²) in [5, 5.41) is -0.734. The van der Waals surface area contributed by atoms with Gasteiger partial charge in [-0.05, 0) is 39.2 Å². The SMILES string of the molecule is COC(=O)c1c(C)c(C(=O)CN(C[C@@H]2CCCO2)C(=O)[C@@H](C)Cl)c(C)n1C. The number of carbonyl (C=O) groups excluding carboxylic acids is 3. The Labute approximate surface area is 164 Å². The lowest BCUT2D eigenvalue weighted by atomic mass is 10.0. The number of esters is 1. The number of nitrogens with zero attached hydrogens (tertiary/aromatic N) is 2. The fraction of sp³-hybridized carbons (Fsp3) is 0.632. The van der Waals surface area contributed by atoms with E-state index < -0.39 is 11.3 Å². The average molecular weight is 399 g/mol. The molecule has 1 fully saturated rings. The first-order valence-corrected chi connectivity index (χ1v) is 9.44. The molecule has 0 unspecified atom stereocenters. The lowest BCUT2D eigenvalue weighted by molar-refractivity contribution is -0.131. The van der Waals surface area contributed by atoms with Gasteiger partial charge in [-0.15, -0.1) is 11.6 Å². The summed E-state index contributed by atoms with van der Waals surface area (Å²) < 4.78 is 12.1. The van der Waals surface area contributed by atoms with Gasteiger partial charge in [0.15, 0.2) is 5.78 Å². The maximum Gasteiger partial charge on any atom is 0.354 e. The number of hydrogen-bond donors (Lipinski definition) is 0. The van der Waals surface area contributed by atoms with Gasteiger partial charge in [-0.2, -0.15) is 0 Å². The Balaban J connectivity index is 2.29. The summed E-state index contributed by atoms with van der Waals surface area (Å²) in [5.74, 6) is -1.04. The van der Waals surface area contributed by atoms with Crippen molar-refractivity contribution in [1.82, 2.24) is 9.47 Å². The van der Waals surface area contributed by atoms with Crippen LogP contribution in [0.1, 0.15) is 51.9 Å². The van der Waals surface area contributed by atoms with E-state index in [1.165, 1.54) is 12.0 Å². The van der Waals surface area contributed by atoms with Crippen LogP contribution in [0, 0.1) is 13.8 Å². The topological polar surface area (TPSA) is 77.8 Å². The number of alkyl halides is 1. The van der Waals surface area contributed by atoms with E-state index in [2.05, 4.69) is 0 Å². The number of rotatable bonds is 7. The van der Waals surface area contributed by atoms with E-state index in [1.54, 1.807) is 32.4 Å².